The van der Waals surface area contributed by atoms with Gasteiger partial charge in [-0.05, 0) is 45.6 Å². The van der Waals surface area contributed by atoms with Crippen molar-refractivity contribution in [2.75, 3.05) is 40.0 Å². The third-order valence-electron chi connectivity index (χ3n) is 4.68. The summed E-state index contributed by atoms with van der Waals surface area (Å²) in [5, 5.41) is 0. The van der Waals surface area contributed by atoms with E-state index in [-0.39, 0.29) is 5.54 Å². The monoisotopic (exact) mass is 256 g/mol. The minimum Gasteiger partial charge on any atom is -0.381 e. The molecule has 2 aliphatic rings. The zero-order valence-electron chi connectivity index (χ0n) is 11.9. The van der Waals surface area contributed by atoms with E-state index in [4.69, 9.17) is 15.2 Å². The second kappa shape index (κ2) is 6.33. The first kappa shape index (κ1) is 14.3. The molecular weight excluding hydrogens is 228 g/mol. The number of likely N-dealkylation sites (N-methyl/N-ethyl adjacent to an activating group) is 1. The lowest BCUT2D eigenvalue weighted by Crippen LogP contribution is -2.63. The minimum atomic E-state index is 0.193. The first-order valence-corrected chi connectivity index (χ1v) is 7.31. The summed E-state index contributed by atoms with van der Waals surface area (Å²) < 4.78 is 11.1. The Morgan fingerprint density at radius 1 is 1.33 bits per heavy atom. The van der Waals surface area contributed by atoms with Gasteiger partial charge in [-0.15, -0.1) is 0 Å². The van der Waals surface area contributed by atoms with Crippen LogP contribution in [0.4, 0.5) is 0 Å². The summed E-state index contributed by atoms with van der Waals surface area (Å²) in [7, 11) is 2.23. The van der Waals surface area contributed by atoms with E-state index >= 15 is 0 Å². The van der Waals surface area contributed by atoms with Gasteiger partial charge in [-0.3, -0.25) is 4.90 Å². The molecule has 0 spiro atoms. The minimum absolute atomic E-state index is 0.193. The quantitative estimate of drug-likeness (QED) is 0.777. The molecule has 0 aromatic carbocycles. The van der Waals surface area contributed by atoms with Crippen LogP contribution in [0.3, 0.4) is 0 Å². The van der Waals surface area contributed by atoms with E-state index in [0.717, 1.165) is 51.7 Å². The molecule has 1 aliphatic heterocycles. The van der Waals surface area contributed by atoms with E-state index in [9.17, 15) is 0 Å². The standard InChI is InChI=1S/C14H28N2O2/c1-3-18-13-8-14(9-13,11-15)16(2)10-12-4-6-17-7-5-12/h12-13H,3-11,15H2,1-2H3. The summed E-state index contributed by atoms with van der Waals surface area (Å²) >= 11 is 0. The Labute approximate surface area is 111 Å². The Balaban J connectivity index is 1.81. The van der Waals surface area contributed by atoms with Crippen LogP contribution in [0.5, 0.6) is 0 Å². The largest absolute Gasteiger partial charge is 0.381 e. The molecule has 2 fully saturated rings. The maximum atomic E-state index is 6.01. The fraction of sp³-hybridized carbons (Fsp3) is 1.00. The molecular formula is C14H28N2O2. The van der Waals surface area contributed by atoms with E-state index in [1.54, 1.807) is 0 Å². The predicted molar refractivity (Wildman–Crippen MR) is 72.6 cm³/mol. The van der Waals surface area contributed by atoms with E-state index in [1.807, 2.05) is 0 Å². The van der Waals surface area contributed by atoms with Gasteiger partial charge in [-0.1, -0.05) is 0 Å². The van der Waals surface area contributed by atoms with Gasteiger partial charge in [-0.25, -0.2) is 0 Å². The number of nitrogens with zero attached hydrogens (tertiary/aromatic N) is 1. The molecule has 1 aliphatic carbocycles. The van der Waals surface area contributed by atoms with Crippen LogP contribution in [-0.2, 0) is 9.47 Å². The summed E-state index contributed by atoms with van der Waals surface area (Å²) in [5.41, 5.74) is 6.20. The van der Waals surface area contributed by atoms with Crippen molar-refractivity contribution in [3.8, 4) is 0 Å². The molecule has 4 heteroatoms. The molecule has 4 nitrogen and oxygen atoms in total. The molecule has 0 atom stereocenters. The van der Waals surface area contributed by atoms with Gasteiger partial charge in [0.15, 0.2) is 0 Å². The molecule has 0 aromatic rings. The number of nitrogens with two attached hydrogens (primary N) is 1. The van der Waals surface area contributed by atoms with Crippen molar-refractivity contribution in [2.24, 2.45) is 11.7 Å². The van der Waals surface area contributed by atoms with Crippen LogP contribution >= 0.6 is 0 Å². The summed E-state index contributed by atoms with van der Waals surface area (Å²) in [6.07, 6.45) is 5.00. The molecule has 2 rings (SSSR count). The fourth-order valence-corrected chi connectivity index (χ4v) is 3.29. The fourth-order valence-electron chi connectivity index (χ4n) is 3.29. The summed E-state index contributed by atoms with van der Waals surface area (Å²) in [4.78, 5) is 2.48. The highest BCUT2D eigenvalue weighted by Gasteiger charge is 2.47. The molecule has 18 heavy (non-hydrogen) atoms. The molecule has 1 saturated carbocycles. The Morgan fingerprint density at radius 3 is 2.56 bits per heavy atom. The molecule has 0 bridgehead atoms. The molecule has 1 heterocycles. The first-order valence-electron chi connectivity index (χ1n) is 7.31. The molecule has 0 aromatic heterocycles. The van der Waals surface area contributed by atoms with Gasteiger partial charge in [0.2, 0.25) is 0 Å². The van der Waals surface area contributed by atoms with Crippen LogP contribution < -0.4 is 5.73 Å². The van der Waals surface area contributed by atoms with Gasteiger partial charge in [0.1, 0.15) is 0 Å². The second-order valence-corrected chi connectivity index (χ2v) is 5.85. The van der Waals surface area contributed by atoms with Gasteiger partial charge < -0.3 is 15.2 Å². The maximum Gasteiger partial charge on any atom is 0.0611 e. The first-order chi connectivity index (χ1) is 8.70. The van der Waals surface area contributed by atoms with Gasteiger partial charge in [0.05, 0.1) is 6.10 Å². The van der Waals surface area contributed by atoms with Crippen molar-refractivity contribution in [1.82, 2.24) is 4.90 Å². The maximum absolute atomic E-state index is 6.01. The van der Waals surface area contributed by atoms with Crippen LogP contribution in [0.2, 0.25) is 0 Å². The van der Waals surface area contributed by atoms with Crippen molar-refractivity contribution in [2.45, 2.75) is 44.2 Å². The average molecular weight is 256 g/mol. The van der Waals surface area contributed by atoms with Crippen LogP contribution in [0.25, 0.3) is 0 Å². The lowest BCUT2D eigenvalue weighted by atomic mass is 9.72. The third-order valence-corrected chi connectivity index (χ3v) is 4.68. The summed E-state index contributed by atoms with van der Waals surface area (Å²) in [5.74, 6) is 0.776. The highest BCUT2D eigenvalue weighted by Crippen LogP contribution is 2.39. The lowest BCUT2D eigenvalue weighted by Gasteiger charge is -2.53. The zero-order chi connectivity index (χ0) is 13.0. The molecule has 0 radical (unpaired) electrons. The van der Waals surface area contributed by atoms with Crippen molar-refractivity contribution < 1.29 is 9.47 Å². The molecule has 0 unspecified atom stereocenters. The smallest absolute Gasteiger partial charge is 0.0611 e. The highest BCUT2D eigenvalue weighted by atomic mass is 16.5. The van der Waals surface area contributed by atoms with Crippen LogP contribution in [-0.4, -0.2) is 56.5 Å². The van der Waals surface area contributed by atoms with Crippen LogP contribution in [0.1, 0.15) is 32.6 Å². The zero-order valence-corrected chi connectivity index (χ0v) is 11.9. The van der Waals surface area contributed by atoms with E-state index in [0.29, 0.717) is 6.10 Å². The molecule has 106 valence electrons. The average Bonchev–Trinajstić information content (AvgIpc) is 2.34. The van der Waals surface area contributed by atoms with Crippen LogP contribution in [0, 0.1) is 5.92 Å². The van der Waals surface area contributed by atoms with E-state index in [1.165, 1.54) is 12.8 Å². The topological polar surface area (TPSA) is 47.7 Å². The van der Waals surface area contributed by atoms with E-state index < -0.39 is 0 Å². The number of hydrogen-bond acceptors (Lipinski definition) is 4. The molecule has 2 N–H and O–H groups in total. The molecule has 0 amide bonds. The van der Waals surface area contributed by atoms with Crippen molar-refractivity contribution in [1.29, 1.82) is 0 Å². The summed E-state index contributed by atoms with van der Waals surface area (Å²) in [6.45, 7) is 6.63. The highest BCUT2D eigenvalue weighted by molar-refractivity contribution is 5.04. The number of rotatable bonds is 6. The van der Waals surface area contributed by atoms with Gasteiger partial charge >= 0.3 is 0 Å². The Kier molecular flexibility index (Phi) is 5.01. The van der Waals surface area contributed by atoms with Crippen molar-refractivity contribution in [3.05, 3.63) is 0 Å². The second-order valence-electron chi connectivity index (χ2n) is 5.85. The SMILES string of the molecule is CCOC1CC(CN)(N(C)CC2CCOCC2)C1. The third kappa shape index (κ3) is 3.05. The summed E-state index contributed by atoms with van der Waals surface area (Å²) in [6, 6.07) is 0. The van der Waals surface area contributed by atoms with Gasteiger partial charge in [0.25, 0.3) is 0 Å². The van der Waals surface area contributed by atoms with E-state index in [2.05, 4.69) is 18.9 Å². The van der Waals surface area contributed by atoms with Crippen molar-refractivity contribution >= 4 is 0 Å². The van der Waals surface area contributed by atoms with Gasteiger partial charge in [0, 0.05) is 38.4 Å². The van der Waals surface area contributed by atoms with Gasteiger partial charge in [-0.2, -0.15) is 0 Å². The predicted octanol–water partition coefficient (Wildman–Crippen LogP) is 1.24. The lowest BCUT2D eigenvalue weighted by molar-refractivity contribution is -0.0984. The normalized spacial score (nSPS) is 33.7. The van der Waals surface area contributed by atoms with Crippen LogP contribution in [0.15, 0.2) is 0 Å². The Hall–Kier alpha value is -0.160. The number of hydrogen-bond donors (Lipinski definition) is 1. The molecule has 1 saturated heterocycles. The number of ether oxygens (including phenoxy) is 2. The Bertz CT molecular complexity index is 248. The van der Waals surface area contributed by atoms with Crippen molar-refractivity contribution in [3.63, 3.8) is 0 Å². The Morgan fingerprint density at radius 2 is 2.00 bits per heavy atom.